The number of nitrogens with zero attached hydrogens (tertiary/aromatic N) is 2. The molecule has 0 saturated heterocycles. The number of rotatable bonds is 5. The normalized spacial score (nSPS) is 10.8. The summed E-state index contributed by atoms with van der Waals surface area (Å²) in [6.45, 7) is 0. The van der Waals surface area contributed by atoms with E-state index < -0.39 is 11.9 Å². The maximum Gasteiger partial charge on any atom is 0.301 e. The third-order valence-electron chi connectivity index (χ3n) is 1.34. The van der Waals surface area contributed by atoms with Crippen LogP contribution in [0.5, 0.6) is 0 Å². The van der Waals surface area contributed by atoms with Crippen LogP contribution in [0.1, 0.15) is 6.42 Å². The highest BCUT2D eigenvalue weighted by atomic mass is 79.9. The Hall–Kier alpha value is 0.0900. The van der Waals surface area contributed by atoms with Crippen molar-refractivity contribution in [2.75, 3.05) is 11.5 Å². The molecule has 0 atom stereocenters. The number of hydrogen-bond acceptors (Lipinski definition) is 4. The number of thioether (sulfide) groups is 2. The number of halogens is 5. The van der Waals surface area contributed by atoms with Crippen molar-refractivity contribution in [2.24, 2.45) is 4.99 Å². The van der Waals surface area contributed by atoms with Crippen molar-refractivity contribution in [1.82, 2.24) is 0 Å². The number of allylic oxidation sites excluding steroid dienone is 1. The Labute approximate surface area is 128 Å². The quantitative estimate of drug-likeness (QED) is 0.338. The van der Waals surface area contributed by atoms with Crippen LogP contribution in [-0.2, 0) is 0 Å². The van der Waals surface area contributed by atoms with E-state index in [1.807, 2.05) is 0 Å². The minimum absolute atomic E-state index is 0.107. The second-order valence-corrected chi connectivity index (χ2v) is 7.67. The molecule has 0 aliphatic rings. The summed E-state index contributed by atoms with van der Waals surface area (Å²) in [5.41, 5.74) is 0. The molecule has 0 rings (SSSR count). The van der Waals surface area contributed by atoms with Crippen LogP contribution >= 0.6 is 55.4 Å². The van der Waals surface area contributed by atoms with Gasteiger partial charge in [-0.15, -0.1) is 0 Å². The minimum atomic E-state index is -2.30. The van der Waals surface area contributed by atoms with Gasteiger partial charge in [-0.2, -0.15) is 19.0 Å². The molecule has 100 valence electrons. The molecule has 0 N–H and O–H groups in total. The molecule has 2 nitrogen and oxygen atoms in total. The van der Waals surface area contributed by atoms with Crippen LogP contribution in [0.2, 0.25) is 0 Å². The molecule has 0 saturated carbocycles. The lowest BCUT2D eigenvalue weighted by molar-refractivity contribution is 0.373. The van der Waals surface area contributed by atoms with Crippen molar-refractivity contribution in [3.05, 3.63) is 21.4 Å². The van der Waals surface area contributed by atoms with Gasteiger partial charge in [0.1, 0.15) is 4.38 Å². The van der Waals surface area contributed by atoms with Crippen LogP contribution in [0.15, 0.2) is 26.4 Å². The van der Waals surface area contributed by atoms with Crippen molar-refractivity contribution >= 4 is 59.8 Å². The Balaban J connectivity index is 4.16. The highest BCUT2D eigenvalue weighted by Crippen LogP contribution is 2.23. The van der Waals surface area contributed by atoms with Crippen molar-refractivity contribution in [1.29, 1.82) is 5.26 Å². The third kappa shape index (κ3) is 10.1. The Bertz CT molecular complexity index is 397. The zero-order valence-electron chi connectivity index (χ0n) is 8.80. The predicted molar refractivity (Wildman–Crippen MR) is 78.9 cm³/mol. The molecule has 0 aliphatic carbocycles. The molecule has 0 radical (unpaired) electrons. The van der Waals surface area contributed by atoms with Crippen LogP contribution in [-0.4, -0.2) is 15.9 Å². The maximum atomic E-state index is 12.5. The summed E-state index contributed by atoms with van der Waals surface area (Å²) < 4.78 is 37.2. The number of aliphatic imine (C=N–C) groups is 1. The lowest BCUT2D eigenvalue weighted by Crippen LogP contribution is -1.91. The first kappa shape index (κ1) is 18.1. The van der Waals surface area contributed by atoms with E-state index in [1.54, 1.807) is 12.3 Å². The molecular formula is C9H7Br2F3N2S2. The summed E-state index contributed by atoms with van der Waals surface area (Å²) in [6.07, 6.45) is 0.730. The van der Waals surface area contributed by atoms with Crippen LogP contribution < -0.4 is 0 Å². The smallest absolute Gasteiger partial charge is 0.206 e. The van der Waals surface area contributed by atoms with Gasteiger partial charge in [0.2, 0.25) is 6.19 Å². The van der Waals surface area contributed by atoms with Gasteiger partial charge in [0.15, 0.2) is 5.83 Å². The van der Waals surface area contributed by atoms with Gasteiger partial charge in [-0.25, -0.2) is 4.39 Å². The molecule has 0 fully saturated rings. The van der Waals surface area contributed by atoms with Crippen molar-refractivity contribution in [3.63, 3.8) is 0 Å². The summed E-state index contributed by atoms with van der Waals surface area (Å²) in [7, 11) is 0. The number of nitriles is 1. The van der Waals surface area contributed by atoms with Crippen molar-refractivity contribution < 1.29 is 13.2 Å². The first-order valence-electron chi connectivity index (χ1n) is 4.40. The van der Waals surface area contributed by atoms with E-state index in [0.717, 1.165) is 15.2 Å². The zero-order chi connectivity index (χ0) is 14.0. The maximum absolute atomic E-state index is 12.5. The summed E-state index contributed by atoms with van der Waals surface area (Å²) in [4.78, 5) is 3.52. The van der Waals surface area contributed by atoms with Crippen LogP contribution in [0.25, 0.3) is 0 Å². The van der Waals surface area contributed by atoms with E-state index in [2.05, 4.69) is 36.9 Å². The Morgan fingerprint density at radius 1 is 1.28 bits per heavy atom. The van der Waals surface area contributed by atoms with E-state index in [0.29, 0.717) is 10.1 Å². The van der Waals surface area contributed by atoms with Gasteiger partial charge in [0, 0.05) is 17.9 Å². The molecule has 0 heterocycles. The highest BCUT2D eigenvalue weighted by Gasteiger charge is 2.07. The average Bonchev–Trinajstić information content (AvgIpc) is 2.28. The van der Waals surface area contributed by atoms with Gasteiger partial charge >= 0.3 is 6.08 Å². The molecular weight excluding hydrogens is 417 g/mol. The Kier molecular flexibility index (Phi) is 11.0. The van der Waals surface area contributed by atoms with Crippen molar-refractivity contribution in [3.8, 4) is 6.19 Å². The van der Waals surface area contributed by atoms with Gasteiger partial charge in [-0.05, 0) is 31.9 Å². The monoisotopic (exact) mass is 422 g/mol. The largest absolute Gasteiger partial charge is 0.301 e. The molecule has 0 amide bonds. The summed E-state index contributed by atoms with van der Waals surface area (Å²) >= 11 is 8.66. The molecule has 0 unspecified atom stereocenters. The van der Waals surface area contributed by atoms with E-state index in [9.17, 15) is 13.2 Å². The summed E-state index contributed by atoms with van der Waals surface area (Å²) in [5, 5.41) is 8.44. The van der Waals surface area contributed by atoms with Gasteiger partial charge < -0.3 is 0 Å². The van der Waals surface area contributed by atoms with Crippen LogP contribution in [0.4, 0.5) is 13.2 Å². The lowest BCUT2D eigenvalue weighted by atomic mass is 10.4. The molecule has 0 bridgehead atoms. The van der Waals surface area contributed by atoms with E-state index >= 15 is 0 Å². The molecule has 0 spiro atoms. The predicted octanol–water partition coefficient (Wildman–Crippen LogP) is 5.39. The van der Waals surface area contributed by atoms with Crippen LogP contribution in [0.3, 0.4) is 0 Å². The fourth-order valence-electron chi connectivity index (χ4n) is 0.645. The Morgan fingerprint density at radius 2 is 1.94 bits per heavy atom. The second kappa shape index (κ2) is 11.0. The Morgan fingerprint density at radius 3 is 2.44 bits per heavy atom. The number of hydrogen-bond donors (Lipinski definition) is 0. The molecule has 0 aromatic carbocycles. The summed E-state index contributed by atoms with van der Waals surface area (Å²) in [6, 6.07) is 0. The zero-order valence-corrected chi connectivity index (χ0v) is 13.6. The molecule has 0 aromatic rings. The molecule has 0 aromatic heterocycles. The van der Waals surface area contributed by atoms with Gasteiger partial charge in [0.25, 0.3) is 0 Å². The second-order valence-electron chi connectivity index (χ2n) is 2.55. The lowest BCUT2D eigenvalue weighted by Gasteiger charge is -2.01. The molecule has 18 heavy (non-hydrogen) atoms. The third-order valence-corrected chi connectivity index (χ3v) is 4.11. The van der Waals surface area contributed by atoms with E-state index in [4.69, 9.17) is 5.26 Å². The van der Waals surface area contributed by atoms with Gasteiger partial charge in [-0.1, -0.05) is 29.6 Å². The van der Waals surface area contributed by atoms with Crippen molar-refractivity contribution in [2.45, 2.75) is 6.42 Å². The fraction of sp³-hybridized carbons (Fsp3) is 0.333. The fourth-order valence-corrected chi connectivity index (χ4v) is 3.24. The van der Waals surface area contributed by atoms with E-state index in [1.165, 1.54) is 11.8 Å². The van der Waals surface area contributed by atoms with Gasteiger partial charge in [0.05, 0.1) is 3.39 Å². The highest BCUT2D eigenvalue weighted by molar-refractivity contribution is 9.28. The van der Waals surface area contributed by atoms with E-state index in [-0.39, 0.29) is 12.2 Å². The first-order valence-corrected chi connectivity index (χ1v) is 7.96. The van der Waals surface area contributed by atoms with Gasteiger partial charge in [-0.3, -0.25) is 0 Å². The average molecular weight is 424 g/mol. The first-order chi connectivity index (χ1) is 8.47. The minimum Gasteiger partial charge on any atom is -0.206 e. The molecule has 9 heteroatoms. The standard InChI is InChI=1S/C9H7Br2F3N2S2/c10-7(11)2-4-18-9(16-5-15)17-3-1-6(12)8(13)14/h2H,1,3-4H2. The SMILES string of the molecule is N#CN=C(SCC=C(Br)Br)SCCC(F)=C(F)F. The molecule has 0 aliphatic heterocycles. The summed E-state index contributed by atoms with van der Waals surface area (Å²) in [5.74, 6) is -0.766. The van der Waals surface area contributed by atoms with Crippen LogP contribution in [0, 0.1) is 11.5 Å². The topological polar surface area (TPSA) is 36.1 Å².